The van der Waals surface area contributed by atoms with Gasteiger partial charge in [-0.25, -0.2) is 0 Å². The molecule has 0 aromatic heterocycles. The largest absolute Gasteiger partial charge is 0.335 e. The summed E-state index contributed by atoms with van der Waals surface area (Å²) in [7, 11) is 0. The van der Waals surface area contributed by atoms with Crippen LogP contribution in [0.5, 0.6) is 0 Å². The molecule has 1 aliphatic rings. The highest BCUT2D eigenvalue weighted by Crippen LogP contribution is 2.24. The molecule has 1 unspecified atom stereocenters. The zero-order chi connectivity index (χ0) is 11.4. The fourth-order valence-electron chi connectivity index (χ4n) is 2.16. The molecule has 0 N–H and O–H groups in total. The van der Waals surface area contributed by atoms with Crippen LogP contribution in [0.1, 0.15) is 40.0 Å². The highest BCUT2D eigenvalue weighted by molar-refractivity contribution is 5.84. The molecule has 1 saturated heterocycles. The van der Waals surface area contributed by atoms with Crippen molar-refractivity contribution < 1.29 is 9.59 Å². The van der Waals surface area contributed by atoms with E-state index in [0.29, 0.717) is 24.8 Å². The van der Waals surface area contributed by atoms with Gasteiger partial charge >= 0.3 is 0 Å². The first-order chi connectivity index (χ1) is 7.00. The Morgan fingerprint density at radius 3 is 2.67 bits per heavy atom. The summed E-state index contributed by atoms with van der Waals surface area (Å²) in [5, 5.41) is 0. The number of rotatable bonds is 3. The Bertz CT molecular complexity index is 248. The number of carbonyl (C=O) groups is 2. The average molecular weight is 211 g/mol. The SMILES string of the molecule is CC(=O)CN1CCC(C(C)C)CCC1=O. The Hall–Kier alpha value is -0.860. The highest BCUT2D eigenvalue weighted by atomic mass is 16.2. The molecule has 0 saturated carbocycles. The molecule has 3 nitrogen and oxygen atoms in total. The fraction of sp³-hybridized carbons (Fsp3) is 0.833. The Morgan fingerprint density at radius 2 is 2.13 bits per heavy atom. The molecule has 1 aliphatic heterocycles. The van der Waals surface area contributed by atoms with Crippen molar-refractivity contribution in [3.63, 3.8) is 0 Å². The number of carbonyl (C=O) groups excluding carboxylic acids is 2. The Labute approximate surface area is 91.8 Å². The van der Waals surface area contributed by atoms with Gasteiger partial charge in [0.05, 0.1) is 6.54 Å². The van der Waals surface area contributed by atoms with Crippen molar-refractivity contribution in [3.8, 4) is 0 Å². The molecule has 3 heteroatoms. The third kappa shape index (κ3) is 3.65. The van der Waals surface area contributed by atoms with Gasteiger partial charge in [0.1, 0.15) is 5.78 Å². The lowest BCUT2D eigenvalue weighted by atomic mass is 9.89. The maximum Gasteiger partial charge on any atom is 0.222 e. The summed E-state index contributed by atoms with van der Waals surface area (Å²) in [5.74, 6) is 1.49. The van der Waals surface area contributed by atoms with Gasteiger partial charge in [-0.1, -0.05) is 13.8 Å². The topological polar surface area (TPSA) is 37.4 Å². The van der Waals surface area contributed by atoms with Crippen LogP contribution in [0.3, 0.4) is 0 Å². The molecule has 15 heavy (non-hydrogen) atoms. The van der Waals surface area contributed by atoms with E-state index in [1.54, 1.807) is 4.90 Å². The molecule has 1 fully saturated rings. The summed E-state index contributed by atoms with van der Waals surface area (Å²) in [5.41, 5.74) is 0. The van der Waals surface area contributed by atoms with E-state index in [-0.39, 0.29) is 11.7 Å². The van der Waals surface area contributed by atoms with Crippen molar-refractivity contribution in [3.05, 3.63) is 0 Å². The number of hydrogen-bond acceptors (Lipinski definition) is 2. The smallest absolute Gasteiger partial charge is 0.222 e. The van der Waals surface area contributed by atoms with E-state index in [4.69, 9.17) is 0 Å². The highest BCUT2D eigenvalue weighted by Gasteiger charge is 2.24. The Kier molecular flexibility index (Phi) is 4.30. The number of Topliss-reactive ketones (excluding diaryl/α,β-unsaturated/α-hetero) is 1. The quantitative estimate of drug-likeness (QED) is 0.714. The monoisotopic (exact) mass is 211 g/mol. The van der Waals surface area contributed by atoms with Crippen molar-refractivity contribution >= 4 is 11.7 Å². The van der Waals surface area contributed by atoms with Crippen LogP contribution in [0.4, 0.5) is 0 Å². The number of likely N-dealkylation sites (tertiary alicyclic amines) is 1. The van der Waals surface area contributed by atoms with Gasteiger partial charge in [0.2, 0.25) is 5.91 Å². The molecule has 86 valence electrons. The molecule has 0 aromatic carbocycles. The van der Waals surface area contributed by atoms with Crippen molar-refractivity contribution in [1.29, 1.82) is 0 Å². The number of hydrogen-bond donors (Lipinski definition) is 0. The van der Waals surface area contributed by atoms with Gasteiger partial charge < -0.3 is 4.90 Å². The normalized spacial score (nSPS) is 23.1. The van der Waals surface area contributed by atoms with E-state index >= 15 is 0 Å². The van der Waals surface area contributed by atoms with Crippen molar-refractivity contribution in [2.24, 2.45) is 11.8 Å². The third-order valence-corrected chi connectivity index (χ3v) is 3.21. The minimum atomic E-state index is 0.0753. The molecule has 1 amide bonds. The molecular formula is C12H21NO2. The van der Waals surface area contributed by atoms with Gasteiger partial charge in [0.25, 0.3) is 0 Å². The molecule has 1 heterocycles. The summed E-state index contributed by atoms with van der Waals surface area (Å²) in [4.78, 5) is 24.4. The van der Waals surface area contributed by atoms with Crippen molar-refractivity contribution in [2.45, 2.75) is 40.0 Å². The number of nitrogens with zero attached hydrogens (tertiary/aromatic N) is 1. The van der Waals surface area contributed by atoms with Crippen LogP contribution in [0.15, 0.2) is 0 Å². The molecule has 0 aliphatic carbocycles. The lowest BCUT2D eigenvalue weighted by molar-refractivity contribution is -0.134. The summed E-state index contributed by atoms with van der Waals surface area (Å²) in [6.45, 7) is 6.99. The van der Waals surface area contributed by atoms with Gasteiger partial charge in [0, 0.05) is 13.0 Å². The molecule has 0 spiro atoms. The van der Waals surface area contributed by atoms with Crippen LogP contribution in [0.25, 0.3) is 0 Å². The van der Waals surface area contributed by atoms with Crippen LogP contribution in [-0.2, 0) is 9.59 Å². The molecule has 1 rings (SSSR count). The lowest BCUT2D eigenvalue weighted by Gasteiger charge is -2.20. The zero-order valence-corrected chi connectivity index (χ0v) is 9.95. The second kappa shape index (κ2) is 5.29. The Morgan fingerprint density at radius 1 is 1.47 bits per heavy atom. The average Bonchev–Trinajstić information content (AvgIpc) is 2.29. The predicted molar refractivity (Wildman–Crippen MR) is 59.4 cm³/mol. The van der Waals surface area contributed by atoms with Gasteiger partial charge in [-0.2, -0.15) is 0 Å². The van der Waals surface area contributed by atoms with Crippen LogP contribution in [-0.4, -0.2) is 29.7 Å². The van der Waals surface area contributed by atoms with E-state index in [1.165, 1.54) is 6.92 Å². The van der Waals surface area contributed by atoms with Gasteiger partial charge in [-0.05, 0) is 31.6 Å². The van der Waals surface area contributed by atoms with E-state index in [0.717, 1.165) is 19.4 Å². The van der Waals surface area contributed by atoms with Crippen molar-refractivity contribution in [1.82, 2.24) is 4.90 Å². The molecule has 0 bridgehead atoms. The maximum atomic E-state index is 11.7. The molecule has 0 aromatic rings. The first kappa shape index (κ1) is 12.2. The zero-order valence-electron chi connectivity index (χ0n) is 9.95. The summed E-state index contributed by atoms with van der Waals surface area (Å²) < 4.78 is 0. The number of ketones is 1. The summed E-state index contributed by atoms with van der Waals surface area (Å²) in [6, 6.07) is 0. The fourth-order valence-corrected chi connectivity index (χ4v) is 2.16. The summed E-state index contributed by atoms with van der Waals surface area (Å²) in [6.07, 6.45) is 2.62. The number of amides is 1. The predicted octanol–water partition coefficient (Wildman–Crippen LogP) is 1.86. The minimum Gasteiger partial charge on any atom is -0.335 e. The van der Waals surface area contributed by atoms with Crippen LogP contribution in [0, 0.1) is 11.8 Å². The van der Waals surface area contributed by atoms with E-state index in [9.17, 15) is 9.59 Å². The lowest BCUT2D eigenvalue weighted by Crippen LogP contribution is -2.34. The Balaban J connectivity index is 2.55. The van der Waals surface area contributed by atoms with Gasteiger partial charge in [0.15, 0.2) is 0 Å². The second-order valence-electron chi connectivity index (χ2n) is 4.85. The first-order valence-electron chi connectivity index (χ1n) is 5.78. The van der Waals surface area contributed by atoms with Crippen molar-refractivity contribution in [2.75, 3.05) is 13.1 Å². The van der Waals surface area contributed by atoms with E-state index < -0.39 is 0 Å². The molecule has 0 radical (unpaired) electrons. The summed E-state index contributed by atoms with van der Waals surface area (Å²) >= 11 is 0. The van der Waals surface area contributed by atoms with Gasteiger partial charge in [-0.3, -0.25) is 9.59 Å². The minimum absolute atomic E-state index is 0.0753. The van der Waals surface area contributed by atoms with Crippen LogP contribution >= 0.6 is 0 Å². The molecule has 1 atom stereocenters. The molecular weight excluding hydrogens is 190 g/mol. The third-order valence-electron chi connectivity index (χ3n) is 3.21. The standard InChI is InChI=1S/C12H21NO2/c1-9(2)11-4-5-12(15)13(7-6-11)8-10(3)14/h9,11H,4-8H2,1-3H3. The van der Waals surface area contributed by atoms with E-state index in [2.05, 4.69) is 13.8 Å². The van der Waals surface area contributed by atoms with Crippen LogP contribution < -0.4 is 0 Å². The first-order valence-corrected chi connectivity index (χ1v) is 5.78. The van der Waals surface area contributed by atoms with Gasteiger partial charge in [-0.15, -0.1) is 0 Å². The van der Waals surface area contributed by atoms with E-state index in [1.807, 2.05) is 0 Å². The second-order valence-corrected chi connectivity index (χ2v) is 4.85. The van der Waals surface area contributed by atoms with Crippen LogP contribution in [0.2, 0.25) is 0 Å². The maximum absolute atomic E-state index is 11.7.